The van der Waals surface area contributed by atoms with Gasteiger partial charge in [-0.15, -0.1) is 0 Å². The lowest BCUT2D eigenvalue weighted by molar-refractivity contribution is -0.385. The quantitative estimate of drug-likeness (QED) is 0.643. The van der Waals surface area contributed by atoms with Crippen LogP contribution in [0.1, 0.15) is 18.4 Å². The molecule has 1 aliphatic heterocycles. The van der Waals surface area contributed by atoms with Gasteiger partial charge in [-0.05, 0) is 32.4 Å². The highest BCUT2D eigenvalue weighted by atomic mass is 16.6. The maximum Gasteiger partial charge on any atom is 0.274 e. The van der Waals surface area contributed by atoms with Gasteiger partial charge in [0.15, 0.2) is 0 Å². The lowest BCUT2D eigenvalue weighted by Gasteiger charge is -2.21. The number of nitrogens with one attached hydrogen (secondary N) is 2. The van der Waals surface area contributed by atoms with E-state index in [2.05, 4.69) is 10.6 Å². The molecule has 2 rings (SSSR count). The summed E-state index contributed by atoms with van der Waals surface area (Å²) in [5.41, 5.74) is 1.09. The van der Waals surface area contributed by atoms with Crippen molar-refractivity contribution in [3.05, 3.63) is 33.9 Å². The van der Waals surface area contributed by atoms with Crippen molar-refractivity contribution in [1.29, 1.82) is 0 Å². The Morgan fingerprint density at radius 1 is 1.53 bits per heavy atom. The van der Waals surface area contributed by atoms with Gasteiger partial charge in [0.05, 0.1) is 10.8 Å². The molecule has 19 heavy (non-hydrogen) atoms. The van der Waals surface area contributed by atoms with Crippen molar-refractivity contribution >= 4 is 17.3 Å². The van der Waals surface area contributed by atoms with E-state index < -0.39 is 4.92 Å². The highest BCUT2D eigenvalue weighted by Crippen LogP contribution is 2.23. The van der Waals surface area contributed by atoms with E-state index in [1.54, 1.807) is 19.1 Å². The van der Waals surface area contributed by atoms with Gasteiger partial charge in [0.1, 0.15) is 0 Å². The molecular formula is C13H17N3O3. The lowest BCUT2D eigenvalue weighted by atomic mass is 9.99. The van der Waals surface area contributed by atoms with E-state index in [1.807, 2.05) is 0 Å². The minimum atomic E-state index is -0.437. The predicted octanol–water partition coefficient (Wildman–Crippen LogP) is 1.84. The predicted molar refractivity (Wildman–Crippen MR) is 72.1 cm³/mol. The molecule has 1 aliphatic rings. The zero-order valence-electron chi connectivity index (χ0n) is 10.8. The smallest absolute Gasteiger partial charge is 0.274 e. The first kappa shape index (κ1) is 13.5. The molecule has 102 valence electrons. The van der Waals surface area contributed by atoms with Crippen LogP contribution in [0.2, 0.25) is 0 Å². The Kier molecular flexibility index (Phi) is 4.11. The summed E-state index contributed by atoms with van der Waals surface area (Å²) in [6.07, 6.45) is 1.83. The number of rotatable bonds is 3. The molecule has 1 atom stereocenters. The minimum Gasteiger partial charge on any atom is -0.326 e. The summed E-state index contributed by atoms with van der Waals surface area (Å²) in [7, 11) is 0. The van der Waals surface area contributed by atoms with E-state index in [-0.39, 0.29) is 17.5 Å². The number of nitrogens with zero attached hydrogens (tertiary/aromatic N) is 1. The first-order chi connectivity index (χ1) is 9.08. The molecule has 0 bridgehead atoms. The summed E-state index contributed by atoms with van der Waals surface area (Å²) in [5, 5.41) is 16.8. The second-order valence-electron chi connectivity index (χ2n) is 4.79. The molecule has 0 aliphatic carbocycles. The van der Waals surface area contributed by atoms with Gasteiger partial charge in [-0.25, -0.2) is 0 Å². The Morgan fingerprint density at radius 3 is 2.95 bits per heavy atom. The standard InChI is InChI=1S/C13H17N3O3/c1-9-4-5-11(7-12(9)16(18)19)15-13(17)10-3-2-6-14-8-10/h4-5,7,10,14H,2-3,6,8H2,1H3,(H,15,17). The average molecular weight is 263 g/mol. The monoisotopic (exact) mass is 263 g/mol. The number of hydrogen-bond donors (Lipinski definition) is 2. The van der Waals surface area contributed by atoms with Crippen LogP contribution in [-0.4, -0.2) is 23.9 Å². The Balaban J connectivity index is 2.08. The molecule has 1 saturated heterocycles. The molecule has 1 amide bonds. The molecule has 1 aromatic carbocycles. The van der Waals surface area contributed by atoms with Crippen LogP contribution in [0.3, 0.4) is 0 Å². The normalized spacial score (nSPS) is 18.9. The van der Waals surface area contributed by atoms with Crippen LogP contribution >= 0.6 is 0 Å². The van der Waals surface area contributed by atoms with Gasteiger partial charge in [0.2, 0.25) is 5.91 Å². The largest absolute Gasteiger partial charge is 0.326 e. The van der Waals surface area contributed by atoms with Crippen LogP contribution in [0.5, 0.6) is 0 Å². The topological polar surface area (TPSA) is 84.3 Å². The summed E-state index contributed by atoms with van der Waals surface area (Å²) in [5.74, 6) is -0.139. The summed E-state index contributed by atoms with van der Waals surface area (Å²) in [6.45, 7) is 3.29. The van der Waals surface area contributed by atoms with E-state index in [9.17, 15) is 14.9 Å². The Hall–Kier alpha value is -1.95. The molecular weight excluding hydrogens is 246 g/mol. The molecule has 0 aromatic heterocycles. The van der Waals surface area contributed by atoms with Crippen LogP contribution in [0, 0.1) is 23.0 Å². The zero-order chi connectivity index (χ0) is 13.8. The SMILES string of the molecule is Cc1ccc(NC(=O)C2CCCNC2)cc1[N+](=O)[O-]. The van der Waals surface area contributed by atoms with Gasteiger partial charge >= 0.3 is 0 Å². The Labute approximate surface area is 111 Å². The molecule has 2 N–H and O–H groups in total. The first-order valence-electron chi connectivity index (χ1n) is 6.34. The number of piperidine rings is 1. The van der Waals surface area contributed by atoms with E-state index in [1.165, 1.54) is 6.07 Å². The van der Waals surface area contributed by atoms with Gasteiger partial charge in [-0.1, -0.05) is 6.07 Å². The fourth-order valence-corrected chi connectivity index (χ4v) is 2.20. The van der Waals surface area contributed by atoms with Crippen molar-refractivity contribution in [3.8, 4) is 0 Å². The maximum absolute atomic E-state index is 12.0. The number of carbonyl (C=O) groups excluding carboxylic acids is 1. The van der Waals surface area contributed by atoms with Crippen LogP contribution in [0.15, 0.2) is 18.2 Å². The molecule has 1 fully saturated rings. The summed E-state index contributed by atoms with van der Waals surface area (Å²) in [6, 6.07) is 4.74. The highest BCUT2D eigenvalue weighted by Gasteiger charge is 2.21. The number of nitro benzene ring substituents is 1. The first-order valence-corrected chi connectivity index (χ1v) is 6.34. The van der Waals surface area contributed by atoms with Gasteiger partial charge < -0.3 is 10.6 Å². The molecule has 1 heterocycles. The number of amides is 1. The average Bonchev–Trinajstić information content (AvgIpc) is 2.41. The van der Waals surface area contributed by atoms with Gasteiger partial charge in [0.25, 0.3) is 5.69 Å². The number of carbonyl (C=O) groups is 1. The second-order valence-corrected chi connectivity index (χ2v) is 4.79. The van der Waals surface area contributed by atoms with Crippen LogP contribution < -0.4 is 10.6 Å². The third-order valence-corrected chi connectivity index (χ3v) is 3.34. The summed E-state index contributed by atoms with van der Waals surface area (Å²) < 4.78 is 0. The highest BCUT2D eigenvalue weighted by molar-refractivity contribution is 5.93. The van der Waals surface area contributed by atoms with Crippen LogP contribution in [0.25, 0.3) is 0 Å². The third-order valence-electron chi connectivity index (χ3n) is 3.34. The molecule has 6 heteroatoms. The molecule has 6 nitrogen and oxygen atoms in total. The Bertz CT molecular complexity index is 496. The Morgan fingerprint density at radius 2 is 2.32 bits per heavy atom. The lowest BCUT2D eigenvalue weighted by Crippen LogP contribution is -2.37. The summed E-state index contributed by atoms with van der Waals surface area (Å²) in [4.78, 5) is 22.4. The molecule has 0 saturated carbocycles. The van der Waals surface area contributed by atoms with Crippen molar-refractivity contribution < 1.29 is 9.72 Å². The fraction of sp³-hybridized carbons (Fsp3) is 0.462. The fourth-order valence-electron chi connectivity index (χ4n) is 2.20. The van der Waals surface area contributed by atoms with E-state index in [0.29, 0.717) is 17.8 Å². The molecule has 1 aromatic rings. The van der Waals surface area contributed by atoms with Crippen molar-refractivity contribution in [3.63, 3.8) is 0 Å². The van der Waals surface area contributed by atoms with Crippen molar-refractivity contribution in [2.45, 2.75) is 19.8 Å². The molecule has 1 unspecified atom stereocenters. The van der Waals surface area contributed by atoms with Gasteiger partial charge in [-0.3, -0.25) is 14.9 Å². The minimum absolute atomic E-state index is 0.0274. The van der Waals surface area contributed by atoms with Gasteiger partial charge in [-0.2, -0.15) is 0 Å². The van der Waals surface area contributed by atoms with Crippen molar-refractivity contribution in [1.82, 2.24) is 5.32 Å². The van der Waals surface area contributed by atoms with E-state index in [0.717, 1.165) is 19.4 Å². The zero-order valence-corrected chi connectivity index (χ0v) is 10.8. The van der Waals surface area contributed by atoms with Gasteiger partial charge in [0, 0.05) is 23.9 Å². The summed E-state index contributed by atoms with van der Waals surface area (Å²) >= 11 is 0. The third kappa shape index (κ3) is 3.29. The second kappa shape index (κ2) is 5.79. The number of nitro groups is 1. The molecule has 0 spiro atoms. The number of anilines is 1. The number of hydrogen-bond acceptors (Lipinski definition) is 4. The van der Waals surface area contributed by atoms with Crippen LogP contribution in [-0.2, 0) is 4.79 Å². The van der Waals surface area contributed by atoms with Crippen molar-refractivity contribution in [2.75, 3.05) is 18.4 Å². The molecule has 0 radical (unpaired) electrons. The number of benzene rings is 1. The maximum atomic E-state index is 12.0. The van der Waals surface area contributed by atoms with E-state index >= 15 is 0 Å². The number of aryl methyl sites for hydroxylation is 1. The van der Waals surface area contributed by atoms with Crippen molar-refractivity contribution in [2.24, 2.45) is 5.92 Å². The van der Waals surface area contributed by atoms with Crippen LogP contribution in [0.4, 0.5) is 11.4 Å². The van der Waals surface area contributed by atoms with E-state index in [4.69, 9.17) is 0 Å².